The fourth-order valence-electron chi connectivity index (χ4n) is 2.40. The highest BCUT2D eigenvalue weighted by atomic mass is 16.5. The molecule has 0 unspecified atom stereocenters. The van der Waals surface area contributed by atoms with E-state index < -0.39 is 0 Å². The molecule has 27 heavy (non-hydrogen) atoms. The highest BCUT2D eigenvalue weighted by Crippen LogP contribution is 2.20. The highest BCUT2D eigenvalue weighted by Gasteiger charge is 2.04. The lowest BCUT2D eigenvalue weighted by Crippen LogP contribution is -2.10. The average Bonchev–Trinajstić information content (AvgIpc) is 2.69. The van der Waals surface area contributed by atoms with Crippen LogP contribution in [0.15, 0.2) is 64.5 Å². The van der Waals surface area contributed by atoms with Crippen molar-refractivity contribution in [2.45, 2.75) is 6.92 Å². The molecule has 0 saturated heterocycles. The summed E-state index contributed by atoms with van der Waals surface area (Å²) < 4.78 is 10.5. The number of methoxy groups -OCH3 is 1. The van der Waals surface area contributed by atoms with E-state index in [2.05, 4.69) is 20.5 Å². The zero-order chi connectivity index (χ0) is 19.1. The summed E-state index contributed by atoms with van der Waals surface area (Å²) in [5.74, 6) is 1.80. The number of anilines is 1. The molecule has 0 atom stereocenters. The first-order chi connectivity index (χ1) is 13.2. The zero-order valence-electron chi connectivity index (χ0n) is 15.1. The fourth-order valence-corrected chi connectivity index (χ4v) is 2.40. The van der Waals surface area contributed by atoms with Crippen LogP contribution in [-0.2, 0) is 0 Å². The minimum Gasteiger partial charge on any atom is -0.497 e. The third-order valence-electron chi connectivity index (χ3n) is 3.70. The number of nitrogens with zero attached hydrogens (tertiary/aromatic N) is 2. The van der Waals surface area contributed by atoms with Gasteiger partial charge in [0.05, 0.1) is 25.6 Å². The van der Waals surface area contributed by atoms with Crippen LogP contribution in [0.4, 0.5) is 5.95 Å². The Morgan fingerprint density at radius 3 is 2.48 bits per heavy atom. The first-order valence-electron chi connectivity index (χ1n) is 8.45. The molecule has 0 fully saturated rings. The Hall–Kier alpha value is -3.61. The number of hydrazone groups is 1. The van der Waals surface area contributed by atoms with Crippen molar-refractivity contribution in [3.8, 4) is 22.8 Å². The largest absolute Gasteiger partial charge is 0.497 e. The summed E-state index contributed by atoms with van der Waals surface area (Å²) in [6, 6.07) is 16.3. The van der Waals surface area contributed by atoms with Crippen molar-refractivity contribution in [2.75, 3.05) is 19.1 Å². The molecule has 7 heteroatoms. The molecule has 0 aliphatic carbocycles. The maximum Gasteiger partial charge on any atom is 0.252 e. The fraction of sp³-hybridized carbons (Fsp3) is 0.150. The zero-order valence-corrected chi connectivity index (χ0v) is 15.1. The Labute approximate surface area is 156 Å². The van der Waals surface area contributed by atoms with Crippen LogP contribution >= 0.6 is 0 Å². The molecular weight excluding hydrogens is 344 g/mol. The predicted octanol–water partition coefficient (Wildman–Crippen LogP) is 3.29. The van der Waals surface area contributed by atoms with Crippen molar-refractivity contribution in [2.24, 2.45) is 5.10 Å². The molecule has 0 aliphatic heterocycles. The summed E-state index contributed by atoms with van der Waals surface area (Å²) >= 11 is 0. The van der Waals surface area contributed by atoms with E-state index in [1.54, 1.807) is 13.3 Å². The topological polar surface area (TPSA) is 88.6 Å². The Kier molecular flexibility index (Phi) is 5.84. The third kappa shape index (κ3) is 4.94. The van der Waals surface area contributed by atoms with Crippen molar-refractivity contribution in [1.82, 2.24) is 9.97 Å². The summed E-state index contributed by atoms with van der Waals surface area (Å²) in [6.45, 7) is 2.56. The van der Waals surface area contributed by atoms with E-state index in [0.717, 1.165) is 22.6 Å². The van der Waals surface area contributed by atoms with Gasteiger partial charge in [-0.15, -0.1) is 0 Å². The van der Waals surface area contributed by atoms with Gasteiger partial charge in [-0.05, 0) is 61.0 Å². The molecular formula is C20H20N4O3. The van der Waals surface area contributed by atoms with Gasteiger partial charge in [0.25, 0.3) is 5.56 Å². The summed E-state index contributed by atoms with van der Waals surface area (Å²) in [6.07, 6.45) is 1.63. The third-order valence-corrected chi connectivity index (χ3v) is 3.70. The van der Waals surface area contributed by atoms with Crippen LogP contribution in [0, 0.1) is 0 Å². The van der Waals surface area contributed by atoms with Gasteiger partial charge in [0, 0.05) is 11.6 Å². The van der Waals surface area contributed by atoms with E-state index in [1.807, 2.05) is 55.5 Å². The number of aromatic nitrogens is 2. The van der Waals surface area contributed by atoms with Gasteiger partial charge in [-0.1, -0.05) is 0 Å². The molecule has 138 valence electrons. The van der Waals surface area contributed by atoms with Crippen LogP contribution in [0.25, 0.3) is 11.3 Å². The Balaban J connectivity index is 1.73. The van der Waals surface area contributed by atoms with Crippen LogP contribution in [0.5, 0.6) is 11.5 Å². The van der Waals surface area contributed by atoms with Gasteiger partial charge in [-0.3, -0.25) is 9.78 Å². The number of nitrogens with one attached hydrogen (secondary N) is 2. The molecule has 0 spiro atoms. The van der Waals surface area contributed by atoms with Gasteiger partial charge in [-0.2, -0.15) is 5.10 Å². The standard InChI is InChI=1S/C20H20N4O3/c1-3-27-17-8-4-14(5-9-17)13-21-24-20-22-18(12-19(25)23-20)15-6-10-16(26-2)11-7-15/h4-13H,3H2,1-2H3,(H2,22,23,24,25)/b21-13-. The van der Waals surface area contributed by atoms with E-state index in [1.165, 1.54) is 6.07 Å². The van der Waals surface area contributed by atoms with Gasteiger partial charge in [0.2, 0.25) is 5.95 Å². The first-order valence-corrected chi connectivity index (χ1v) is 8.45. The number of ether oxygens (including phenoxy) is 2. The molecule has 2 N–H and O–H groups in total. The number of hydrogen-bond acceptors (Lipinski definition) is 6. The second-order valence-electron chi connectivity index (χ2n) is 5.58. The van der Waals surface area contributed by atoms with Gasteiger partial charge in [-0.25, -0.2) is 10.4 Å². The molecule has 3 aromatic rings. The van der Waals surface area contributed by atoms with Crippen molar-refractivity contribution >= 4 is 12.2 Å². The average molecular weight is 364 g/mol. The molecule has 3 rings (SSSR count). The van der Waals surface area contributed by atoms with E-state index in [0.29, 0.717) is 12.3 Å². The molecule has 1 aromatic heterocycles. The maximum absolute atomic E-state index is 11.9. The van der Waals surface area contributed by atoms with Crippen LogP contribution in [0.1, 0.15) is 12.5 Å². The Morgan fingerprint density at radius 2 is 1.81 bits per heavy atom. The SMILES string of the molecule is CCOc1ccc(/C=N\Nc2nc(-c3ccc(OC)cc3)cc(=O)[nH]2)cc1. The van der Waals surface area contributed by atoms with Crippen LogP contribution in [0.3, 0.4) is 0 Å². The van der Waals surface area contributed by atoms with Crippen molar-refractivity contribution in [1.29, 1.82) is 0 Å². The monoisotopic (exact) mass is 364 g/mol. The highest BCUT2D eigenvalue weighted by molar-refractivity contribution is 5.80. The summed E-state index contributed by atoms with van der Waals surface area (Å²) in [4.78, 5) is 18.9. The molecule has 0 aliphatic rings. The molecule has 1 heterocycles. The maximum atomic E-state index is 11.9. The molecule has 0 amide bonds. The van der Waals surface area contributed by atoms with Crippen LogP contribution < -0.4 is 20.5 Å². The van der Waals surface area contributed by atoms with Gasteiger partial charge in [0.1, 0.15) is 11.5 Å². The van der Waals surface area contributed by atoms with Crippen molar-refractivity contribution in [3.05, 3.63) is 70.5 Å². The van der Waals surface area contributed by atoms with Gasteiger partial charge in [0.15, 0.2) is 0 Å². The van der Waals surface area contributed by atoms with Crippen LogP contribution in [0.2, 0.25) is 0 Å². The van der Waals surface area contributed by atoms with Crippen LogP contribution in [-0.4, -0.2) is 29.9 Å². The van der Waals surface area contributed by atoms with Gasteiger partial charge >= 0.3 is 0 Å². The minimum absolute atomic E-state index is 0.260. The van der Waals surface area contributed by atoms with E-state index in [9.17, 15) is 4.79 Å². The lowest BCUT2D eigenvalue weighted by molar-refractivity contribution is 0.340. The summed E-state index contributed by atoms with van der Waals surface area (Å²) in [5, 5.41) is 4.12. The van der Waals surface area contributed by atoms with Crippen molar-refractivity contribution in [3.63, 3.8) is 0 Å². The summed E-state index contributed by atoms with van der Waals surface area (Å²) in [5.41, 5.74) is 4.72. The van der Waals surface area contributed by atoms with Crippen molar-refractivity contribution < 1.29 is 9.47 Å². The number of hydrogen-bond donors (Lipinski definition) is 2. The first kappa shape index (κ1) is 18.2. The molecule has 0 bridgehead atoms. The second kappa shape index (κ2) is 8.66. The van der Waals surface area contributed by atoms with E-state index in [4.69, 9.17) is 9.47 Å². The Bertz CT molecular complexity index is 964. The minimum atomic E-state index is -0.269. The van der Waals surface area contributed by atoms with Gasteiger partial charge < -0.3 is 9.47 Å². The predicted molar refractivity (Wildman–Crippen MR) is 106 cm³/mol. The number of aromatic amines is 1. The lowest BCUT2D eigenvalue weighted by atomic mass is 10.1. The normalized spacial score (nSPS) is 10.7. The molecule has 0 radical (unpaired) electrons. The Morgan fingerprint density at radius 1 is 1.11 bits per heavy atom. The molecule has 2 aromatic carbocycles. The number of benzene rings is 2. The summed E-state index contributed by atoms with van der Waals surface area (Å²) in [7, 11) is 1.60. The second-order valence-corrected chi connectivity index (χ2v) is 5.58. The molecule has 0 saturated carbocycles. The lowest BCUT2D eigenvalue weighted by Gasteiger charge is -2.05. The van der Waals surface area contributed by atoms with E-state index in [-0.39, 0.29) is 11.5 Å². The number of H-pyrrole nitrogens is 1. The number of rotatable bonds is 7. The quantitative estimate of drug-likeness (QED) is 0.496. The smallest absolute Gasteiger partial charge is 0.252 e. The molecule has 7 nitrogen and oxygen atoms in total. The van der Waals surface area contributed by atoms with E-state index >= 15 is 0 Å².